The van der Waals surface area contributed by atoms with Crippen LogP contribution in [0.5, 0.6) is 11.5 Å². The third-order valence-electron chi connectivity index (χ3n) is 4.00. The second kappa shape index (κ2) is 8.25. The van der Waals surface area contributed by atoms with Gasteiger partial charge in [0.1, 0.15) is 11.5 Å². The van der Waals surface area contributed by atoms with Gasteiger partial charge in [0.25, 0.3) is 0 Å². The quantitative estimate of drug-likeness (QED) is 0.837. The Morgan fingerprint density at radius 2 is 1.90 bits per heavy atom. The van der Waals surface area contributed by atoms with Crippen molar-refractivity contribution in [3.05, 3.63) is 23.8 Å². The van der Waals surface area contributed by atoms with Gasteiger partial charge >= 0.3 is 0 Å². The van der Waals surface area contributed by atoms with E-state index in [2.05, 4.69) is 24.4 Å². The molecular formula is C17H27NO3. The van der Waals surface area contributed by atoms with Crippen LogP contribution in [0.2, 0.25) is 0 Å². The van der Waals surface area contributed by atoms with Crippen molar-refractivity contribution >= 4 is 0 Å². The molecule has 0 radical (unpaired) electrons. The molecule has 1 N–H and O–H groups in total. The van der Waals surface area contributed by atoms with E-state index in [9.17, 15) is 0 Å². The molecular weight excluding hydrogens is 266 g/mol. The number of methoxy groups -OCH3 is 2. The second-order valence-corrected chi connectivity index (χ2v) is 5.48. The molecule has 118 valence electrons. The molecule has 21 heavy (non-hydrogen) atoms. The molecule has 4 nitrogen and oxygen atoms in total. The van der Waals surface area contributed by atoms with E-state index >= 15 is 0 Å². The maximum atomic E-state index is 5.89. The minimum Gasteiger partial charge on any atom is -0.497 e. The highest BCUT2D eigenvalue weighted by Gasteiger charge is 2.21. The van der Waals surface area contributed by atoms with Gasteiger partial charge in [-0.2, -0.15) is 0 Å². The molecule has 1 saturated heterocycles. The van der Waals surface area contributed by atoms with Gasteiger partial charge in [-0.3, -0.25) is 0 Å². The van der Waals surface area contributed by atoms with Crippen LogP contribution < -0.4 is 14.8 Å². The third kappa shape index (κ3) is 4.61. The molecule has 1 aliphatic rings. The fraction of sp³-hybridized carbons (Fsp3) is 0.647. The first-order chi connectivity index (χ1) is 10.3. The number of hydrogen-bond donors (Lipinski definition) is 1. The zero-order valence-electron chi connectivity index (χ0n) is 13.4. The Morgan fingerprint density at radius 3 is 2.43 bits per heavy atom. The molecule has 0 aliphatic carbocycles. The number of rotatable bonds is 7. The predicted molar refractivity (Wildman–Crippen MR) is 84.2 cm³/mol. The minimum absolute atomic E-state index is 0.266. The highest BCUT2D eigenvalue weighted by Crippen LogP contribution is 2.30. The van der Waals surface area contributed by atoms with Crippen LogP contribution in [-0.2, 0) is 4.74 Å². The summed E-state index contributed by atoms with van der Waals surface area (Å²) in [6, 6.07) is 6.34. The number of ether oxygens (including phenoxy) is 3. The molecule has 0 saturated carbocycles. The molecule has 1 aromatic rings. The van der Waals surface area contributed by atoms with Crippen molar-refractivity contribution in [3.63, 3.8) is 0 Å². The van der Waals surface area contributed by atoms with Crippen LogP contribution in [0.4, 0.5) is 0 Å². The third-order valence-corrected chi connectivity index (χ3v) is 4.00. The van der Waals surface area contributed by atoms with Crippen molar-refractivity contribution in [2.24, 2.45) is 0 Å². The van der Waals surface area contributed by atoms with Crippen LogP contribution in [0.25, 0.3) is 0 Å². The van der Waals surface area contributed by atoms with Gasteiger partial charge in [0.15, 0.2) is 0 Å². The molecule has 1 aliphatic heterocycles. The van der Waals surface area contributed by atoms with Gasteiger partial charge in [0.05, 0.1) is 20.3 Å². The van der Waals surface area contributed by atoms with E-state index in [1.54, 1.807) is 14.2 Å². The van der Waals surface area contributed by atoms with E-state index in [0.717, 1.165) is 37.5 Å². The van der Waals surface area contributed by atoms with Crippen LogP contribution in [0.1, 0.15) is 44.2 Å². The monoisotopic (exact) mass is 293 g/mol. The highest BCUT2D eigenvalue weighted by atomic mass is 16.5. The molecule has 1 heterocycles. The lowest BCUT2D eigenvalue weighted by molar-refractivity contribution is 0.00511. The molecule has 0 spiro atoms. The van der Waals surface area contributed by atoms with Gasteiger partial charge in [0.2, 0.25) is 0 Å². The van der Waals surface area contributed by atoms with E-state index in [0.29, 0.717) is 6.10 Å². The number of benzene rings is 1. The topological polar surface area (TPSA) is 39.7 Å². The van der Waals surface area contributed by atoms with Crippen molar-refractivity contribution in [1.82, 2.24) is 5.32 Å². The number of hydrogen-bond acceptors (Lipinski definition) is 4. The average molecular weight is 293 g/mol. The summed E-state index contributed by atoms with van der Waals surface area (Å²) in [4.78, 5) is 0. The fourth-order valence-electron chi connectivity index (χ4n) is 2.87. The number of nitrogens with one attached hydrogen (secondary N) is 1. The standard InChI is InChI=1S/C17H27NO3/c1-4-18-17(12-14-7-5-6-8-21-14)13-9-15(19-2)11-16(10-13)20-3/h9-11,14,17-18H,4-8,12H2,1-3H3. The molecule has 4 heteroatoms. The minimum atomic E-state index is 0.266. The smallest absolute Gasteiger partial charge is 0.122 e. The zero-order chi connectivity index (χ0) is 15.1. The van der Waals surface area contributed by atoms with Gasteiger partial charge < -0.3 is 19.5 Å². The molecule has 0 amide bonds. The van der Waals surface area contributed by atoms with E-state index in [4.69, 9.17) is 14.2 Å². The lowest BCUT2D eigenvalue weighted by Gasteiger charge is -2.28. The zero-order valence-corrected chi connectivity index (χ0v) is 13.4. The molecule has 0 aromatic heterocycles. The lowest BCUT2D eigenvalue weighted by Crippen LogP contribution is -2.28. The highest BCUT2D eigenvalue weighted by molar-refractivity contribution is 5.39. The molecule has 1 aromatic carbocycles. The average Bonchev–Trinajstić information content (AvgIpc) is 2.55. The summed E-state index contributed by atoms with van der Waals surface area (Å²) in [7, 11) is 3.37. The Hall–Kier alpha value is -1.26. The second-order valence-electron chi connectivity index (χ2n) is 5.48. The molecule has 0 bridgehead atoms. The van der Waals surface area contributed by atoms with Crippen LogP contribution in [0, 0.1) is 0 Å². The maximum absolute atomic E-state index is 5.89. The van der Waals surface area contributed by atoms with Crippen LogP contribution >= 0.6 is 0 Å². The molecule has 2 unspecified atom stereocenters. The summed E-state index contributed by atoms with van der Waals surface area (Å²) >= 11 is 0. The summed E-state index contributed by atoms with van der Waals surface area (Å²) in [5.74, 6) is 1.66. The first-order valence-electron chi connectivity index (χ1n) is 7.84. The Bertz CT molecular complexity index is 408. The Labute approximate surface area is 127 Å². The first kappa shape index (κ1) is 16.1. The largest absolute Gasteiger partial charge is 0.497 e. The van der Waals surface area contributed by atoms with E-state index < -0.39 is 0 Å². The van der Waals surface area contributed by atoms with Crippen LogP contribution in [-0.4, -0.2) is 33.5 Å². The molecule has 2 rings (SSSR count). The first-order valence-corrected chi connectivity index (χ1v) is 7.84. The summed E-state index contributed by atoms with van der Waals surface area (Å²) in [5.41, 5.74) is 1.20. The Morgan fingerprint density at radius 1 is 1.19 bits per heavy atom. The van der Waals surface area contributed by atoms with Crippen molar-refractivity contribution < 1.29 is 14.2 Å². The van der Waals surface area contributed by atoms with Gasteiger partial charge in [-0.25, -0.2) is 0 Å². The van der Waals surface area contributed by atoms with Gasteiger partial charge in [0, 0.05) is 18.7 Å². The maximum Gasteiger partial charge on any atom is 0.122 e. The van der Waals surface area contributed by atoms with E-state index in [1.165, 1.54) is 18.4 Å². The normalized spacial score (nSPS) is 20.0. The van der Waals surface area contributed by atoms with Gasteiger partial charge in [-0.1, -0.05) is 6.92 Å². The van der Waals surface area contributed by atoms with Gasteiger partial charge in [-0.05, 0) is 49.9 Å². The van der Waals surface area contributed by atoms with E-state index in [1.807, 2.05) is 6.07 Å². The molecule has 1 fully saturated rings. The summed E-state index contributed by atoms with van der Waals surface area (Å²) in [6.07, 6.45) is 4.95. The van der Waals surface area contributed by atoms with E-state index in [-0.39, 0.29) is 6.04 Å². The predicted octanol–water partition coefficient (Wildman–Crippen LogP) is 3.31. The summed E-state index contributed by atoms with van der Waals surface area (Å²) in [5, 5.41) is 3.56. The van der Waals surface area contributed by atoms with Crippen molar-refractivity contribution in [2.45, 2.75) is 44.8 Å². The van der Waals surface area contributed by atoms with Crippen molar-refractivity contribution in [3.8, 4) is 11.5 Å². The van der Waals surface area contributed by atoms with Crippen molar-refractivity contribution in [1.29, 1.82) is 0 Å². The Balaban J connectivity index is 2.15. The fourth-order valence-corrected chi connectivity index (χ4v) is 2.87. The summed E-state index contributed by atoms with van der Waals surface area (Å²) < 4.78 is 16.6. The SMILES string of the molecule is CCNC(CC1CCCCO1)c1cc(OC)cc(OC)c1. The van der Waals surface area contributed by atoms with Crippen LogP contribution in [0.15, 0.2) is 18.2 Å². The van der Waals surface area contributed by atoms with Crippen molar-refractivity contribution in [2.75, 3.05) is 27.4 Å². The summed E-state index contributed by atoms with van der Waals surface area (Å²) in [6.45, 7) is 3.95. The molecule has 2 atom stereocenters. The Kier molecular flexibility index (Phi) is 6.33. The lowest BCUT2D eigenvalue weighted by atomic mass is 9.96. The van der Waals surface area contributed by atoms with Crippen LogP contribution in [0.3, 0.4) is 0 Å². The van der Waals surface area contributed by atoms with Gasteiger partial charge in [-0.15, -0.1) is 0 Å².